The van der Waals surface area contributed by atoms with Crippen LogP contribution in [0.3, 0.4) is 0 Å². The fourth-order valence-electron chi connectivity index (χ4n) is 10.1. The maximum Gasteiger partial charge on any atom is 0.159 e. The second-order valence-electron chi connectivity index (χ2n) is 19.1. The lowest BCUT2D eigenvalue weighted by molar-refractivity contribution is -0.0166. The number of thiocarbonyl (C=S) groups is 4. The summed E-state index contributed by atoms with van der Waals surface area (Å²) in [4.78, 5) is 0. The number of ether oxygens (including phenoxy) is 4. The third kappa shape index (κ3) is 22.8. The summed E-state index contributed by atoms with van der Waals surface area (Å²) in [6.45, 7) is 1.38. The van der Waals surface area contributed by atoms with Gasteiger partial charge in [0.05, 0.1) is 0 Å². The van der Waals surface area contributed by atoms with E-state index in [2.05, 4.69) is 0 Å². The second kappa shape index (κ2) is 30.6. The van der Waals surface area contributed by atoms with Crippen molar-refractivity contribution in [2.75, 3.05) is 26.4 Å². The average molecular weight is 865 g/mol. The zero-order valence-electron chi connectivity index (χ0n) is 36.4. The molecule has 328 valence electrons. The van der Waals surface area contributed by atoms with E-state index in [4.69, 9.17) is 67.8 Å². The van der Waals surface area contributed by atoms with Crippen molar-refractivity contribution in [3.63, 3.8) is 0 Å². The van der Waals surface area contributed by atoms with Gasteiger partial charge in [0, 0.05) is 25.7 Å². The minimum Gasteiger partial charge on any atom is -0.486 e. The van der Waals surface area contributed by atoms with Gasteiger partial charge in [-0.25, -0.2) is 0 Å². The highest BCUT2D eigenvalue weighted by atomic mass is 32.1. The van der Waals surface area contributed by atoms with E-state index in [0.717, 1.165) is 75.0 Å². The predicted molar refractivity (Wildman–Crippen MR) is 257 cm³/mol. The SMILES string of the molecule is S=C(CCC1CCCCCCC1)OCC(COC(=S)CCC1CCCCCCC1)(COC(=S)CCC1CCCCCCC1)COC(=S)CCC1CCCCCCC1. The first-order valence-corrected chi connectivity index (χ1v) is 26.1. The molecule has 0 radical (unpaired) electrons. The van der Waals surface area contributed by atoms with Crippen LogP contribution in [-0.2, 0) is 18.9 Å². The van der Waals surface area contributed by atoms with Crippen molar-refractivity contribution in [1.82, 2.24) is 0 Å². The van der Waals surface area contributed by atoms with Crippen LogP contribution < -0.4 is 0 Å². The molecule has 4 saturated carbocycles. The summed E-state index contributed by atoms with van der Waals surface area (Å²) < 4.78 is 26.2. The van der Waals surface area contributed by atoms with Crippen molar-refractivity contribution in [2.24, 2.45) is 29.1 Å². The van der Waals surface area contributed by atoms with E-state index >= 15 is 0 Å². The van der Waals surface area contributed by atoms with Crippen LogP contribution in [0.15, 0.2) is 0 Å². The maximum atomic E-state index is 6.56. The topological polar surface area (TPSA) is 36.9 Å². The van der Waals surface area contributed by atoms with Gasteiger partial charge in [-0.05, 0) is 98.2 Å². The molecule has 0 aromatic heterocycles. The molecule has 0 aromatic rings. The van der Waals surface area contributed by atoms with Gasteiger partial charge in [0.15, 0.2) is 20.2 Å². The molecule has 0 atom stereocenters. The van der Waals surface area contributed by atoms with Crippen molar-refractivity contribution in [3.05, 3.63) is 0 Å². The Hall–Kier alpha value is -0.440. The molecule has 0 aromatic carbocycles. The monoisotopic (exact) mass is 865 g/mol. The van der Waals surface area contributed by atoms with Crippen LogP contribution in [-0.4, -0.2) is 46.6 Å². The zero-order chi connectivity index (χ0) is 40.2. The normalized spacial score (nSPS) is 20.9. The molecule has 57 heavy (non-hydrogen) atoms. The molecule has 0 spiro atoms. The molecule has 0 unspecified atom stereocenters. The summed E-state index contributed by atoms with van der Waals surface area (Å²) in [5, 5.41) is 2.75. The van der Waals surface area contributed by atoms with E-state index in [1.807, 2.05) is 0 Å². The van der Waals surface area contributed by atoms with E-state index in [1.165, 1.54) is 180 Å². The molecule has 0 N–H and O–H groups in total. The van der Waals surface area contributed by atoms with Crippen LogP contribution in [0, 0.1) is 29.1 Å². The largest absolute Gasteiger partial charge is 0.486 e. The summed E-state index contributed by atoms with van der Waals surface area (Å²) in [6, 6.07) is 0. The molecule has 4 aliphatic carbocycles. The Morgan fingerprint density at radius 3 is 0.667 bits per heavy atom. The Morgan fingerprint density at radius 2 is 0.474 bits per heavy atom. The minimum atomic E-state index is -0.650. The molecule has 0 saturated heterocycles. The average Bonchev–Trinajstić information content (AvgIpc) is 3.15. The highest BCUT2D eigenvalue weighted by Gasteiger charge is 2.37. The molecule has 4 nitrogen and oxygen atoms in total. The fraction of sp³-hybridized carbons (Fsp3) is 0.918. The van der Waals surface area contributed by atoms with Gasteiger partial charge in [0.2, 0.25) is 0 Å². The van der Waals surface area contributed by atoms with Crippen LogP contribution in [0.5, 0.6) is 0 Å². The quantitative estimate of drug-likeness (QED) is 0.112. The van der Waals surface area contributed by atoms with Crippen LogP contribution in [0.4, 0.5) is 0 Å². The molecule has 4 rings (SSSR count). The Kier molecular flexibility index (Phi) is 26.4. The summed E-state index contributed by atoms with van der Waals surface area (Å²) in [5.74, 6) is 2.97. The number of hydrogen-bond acceptors (Lipinski definition) is 8. The lowest BCUT2D eigenvalue weighted by atomic mass is 9.88. The van der Waals surface area contributed by atoms with Gasteiger partial charge in [-0.3, -0.25) is 0 Å². The zero-order valence-corrected chi connectivity index (χ0v) is 39.6. The highest BCUT2D eigenvalue weighted by molar-refractivity contribution is 7.80. The molecular formula is C49H84O4S4. The van der Waals surface area contributed by atoms with Crippen molar-refractivity contribution in [1.29, 1.82) is 0 Å². The molecule has 0 amide bonds. The molecule has 0 aliphatic heterocycles. The summed E-state index contributed by atoms with van der Waals surface area (Å²) in [6.07, 6.45) is 45.5. The highest BCUT2D eigenvalue weighted by Crippen LogP contribution is 2.31. The lowest BCUT2D eigenvalue weighted by Crippen LogP contribution is -2.43. The Balaban J connectivity index is 1.40. The van der Waals surface area contributed by atoms with Crippen LogP contribution >= 0.6 is 48.9 Å². The smallest absolute Gasteiger partial charge is 0.159 e. The molecule has 0 bridgehead atoms. The number of rotatable bonds is 20. The first-order chi connectivity index (χ1) is 27.9. The second-order valence-corrected chi connectivity index (χ2v) is 21.0. The molecule has 4 aliphatic rings. The standard InChI is InChI=1S/C49H84O4S4/c54-45(33-29-41-21-13-5-1-6-14-22-41)50-37-49(38-51-46(55)34-30-42-23-15-7-2-8-16-24-42,39-52-47(56)35-31-43-25-17-9-3-10-18-26-43)40-53-48(57)36-32-44-27-19-11-4-12-20-28-44/h41-44H,1-40H2. The van der Waals surface area contributed by atoms with Gasteiger partial charge in [0.1, 0.15) is 31.8 Å². The van der Waals surface area contributed by atoms with Gasteiger partial charge in [-0.2, -0.15) is 0 Å². The van der Waals surface area contributed by atoms with E-state index < -0.39 is 5.41 Å². The first kappa shape index (κ1) is 49.2. The minimum absolute atomic E-state index is 0.345. The molecule has 0 heterocycles. The van der Waals surface area contributed by atoms with Crippen molar-refractivity contribution in [2.45, 2.75) is 231 Å². The Morgan fingerprint density at radius 1 is 0.298 bits per heavy atom. The fourth-order valence-corrected chi connectivity index (χ4v) is 10.8. The third-order valence-corrected chi connectivity index (χ3v) is 15.4. The van der Waals surface area contributed by atoms with Crippen LogP contribution in [0.25, 0.3) is 0 Å². The number of hydrogen-bond donors (Lipinski definition) is 0. The predicted octanol–water partition coefficient (Wildman–Crippen LogP) is 15.9. The van der Waals surface area contributed by atoms with Crippen molar-refractivity contribution >= 4 is 69.1 Å². The van der Waals surface area contributed by atoms with E-state index in [9.17, 15) is 0 Å². The van der Waals surface area contributed by atoms with Crippen LogP contribution in [0.2, 0.25) is 0 Å². The van der Waals surface area contributed by atoms with Gasteiger partial charge >= 0.3 is 0 Å². The maximum absolute atomic E-state index is 6.56. The first-order valence-electron chi connectivity index (χ1n) is 24.5. The van der Waals surface area contributed by atoms with Crippen molar-refractivity contribution in [3.8, 4) is 0 Å². The Labute approximate surface area is 372 Å². The molecule has 8 heteroatoms. The van der Waals surface area contributed by atoms with Crippen LogP contribution in [0.1, 0.15) is 231 Å². The summed E-state index contributed by atoms with van der Waals surface area (Å²) in [7, 11) is 0. The van der Waals surface area contributed by atoms with E-state index in [0.29, 0.717) is 46.6 Å². The van der Waals surface area contributed by atoms with Gasteiger partial charge in [0.25, 0.3) is 0 Å². The summed E-state index contributed by atoms with van der Waals surface area (Å²) >= 11 is 23.8. The van der Waals surface area contributed by atoms with Gasteiger partial charge < -0.3 is 18.9 Å². The van der Waals surface area contributed by atoms with E-state index in [-0.39, 0.29) is 0 Å². The van der Waals surface area contributed by atoms with Crippen molar-refractivity contribution < 1.29 is 18.9 Å². The van der Waals surface area contributed by atoms with Gasteiger partial charge in [-0.15, -0.1) is 0 Å². The third-order valence-electron chi connectivity index (χ3n) is 14.1. The van der Waals surface area contributed by atoms with E-state index in [1.54, 1.807) is 0 Å². The molecule has 4 fully saturated rings. The Bertz CT molecular complexity index is 923. The van der Waals surface area contributed by atoms with Gasteiger partial charge in [-0.1, -0.05) is 180 Å². The lowest BCUT2D eigenvalue weighted by Gasteiger charge is -2.33. The summed E-state index contributed by atoms with van der Waals surface area (Å²) in [5.41, 5.74) is -0.650. The molecular weight excluding hydrogens is 781 g/mol.